The summed E-state index contributed by atoms with van der Waals surface area (Å²) >= 11 is 0. The van der Waals surface area contributed by atoms with E-state index in [0.717, 1.165) is 6.42 Å². The molecule has 2 aromatic carbocycles. The van der Waals surface area contributed by atoms with Crippen LogP contribution in [0.2, 0.25) is 0 Å². The minimum Gasteiger partial charge on any atom is -0.465 e. The molecule has 2 aromatic rings. The topological polar surface area (TPSA) is 40.5 Å². The van der Waals surface area contributed by atoms with Gasteiger partial charge >= 0.3 is 6.09 Å². The van der Waals surface area contributed by atoms with E-state index >= 15 is 0 Å². The van der Waals surface area contributed by atoms with Gasteiger partial charge in [-0.25, -0.2) is 4.79 Å². The maximum Gasteiger partial charge on any atom is 0.407 e. The number of likely N-dealkylation sites (tertiary alicyclic amines) is 1. The first-order valence-electron chi connectivity index (χ1n) is 6.63. The number of nitrogens with zero attached hydrogens (tertiary/aromatic N) is 1. The normalized spacial score (nSPS) is 22.9. The molecule has 3 heteroatoms. The smallest absolute Gasteiger partial charge is 0.407 e. The highest BCUT2D eigenvalue weighted by Gasteiger charge is 2.32. The minimum absolute atomic E-state index is 0.106. The Morgan fingerprint density at radius 3 is 2.63 bits per heavy atom. The molecule has 1 saturated heterocycles. The van der Waals surface area contributed by atoms with Gasteiger partial charge in [0.25, 0.3) is 0 Å². The van der Waals surface area contributed by atoms with Gasteiger partial charge in [-0.3, -0.25) is 0 Å². The van der Waals surface area contributed by atoms with Crippen molar-refractivity contribution in [1.29, 1.82) is 0 Å². The molecule has 0 aromatic heterocycles. The SMILES string of the molecule is C[C@@H]1C[C@H](c2ccc3ccccc3c2)CN1C(=O)O. The Labute approximate surface area is 112 Å². The second-order valence-corrected chi connectivity index (χ2v) is 5.32. The third-order valence-corrected chi connectivity index (χ3v) is 4.07. The summed E-state index contributed by atoms with van der Waals surface area (Å²) < 4.78 is 0. The van der Waals surface area contributed by atoms with Crippen LogP contribution in [0.1, 0.15) is 24.8 Å². The molecule has 19 heavy (non-hydrogen) atoms. The molecule has 0 bridgehead atoms. The lowest BCUT2D eigenvalue weighted by Crippen LogP contribution is -2.32. The van der Waals surface area contributed by atoms with Gasteiger partial charge in [-0.05, 0) is 29.7 Å². The minimum atomic E-state index is -0.809. The summed E-state index contributed by atoms with van der Waals surface area (Å²) in [6.07, 6.45) is 0.0979. The standard InChI is InChI=1S/C16H17NO2/c1-11-8-15(10-17(11)16(18)19)14-7-6-12-4-2-3-5-13(12)9-14/h2-7,9,11,15H,8,10H2,1H3,(H,18,19)/t11-,15+/m1/s1. The van der Waals surface area contributed by atoms with Crippen molar-refractivity contribution in [1.82, 2.24) is 4.90 Å². The summed E-state index contributed by atoms with van der Waals surface area (Å²) in [5, 5.41) is 11.6. The highest BCUT2D eigenvalue weighted by molar-refractivity contribution is 5.83. The molecule has 1 fully saturated rings. The average Bonchev–Trinajstić information content (AvgIpc) is 2.80. The van der Waals surface area contributed by atoms with Crippen molar-refractivity contribution >= 4 is 16.9 Å². The second-order valence-electron chi connectivity index (χ2n) is 5.32. The van der Waals surface area contributed by atoms with Crippen LogP contribution < -0.4 is 0 Å². The molecule has 1 aliphatic rings. The molecule has 1 amide bonds. The van der Waals surface area contributed by atoms with Crippen LogP contribution in [0.3, 0.4) is 0 Å². The number of hydrogen-bond donors (Lipinski definition) is 1. The Balaban J connectivity index is 1.91. The van der Waals surface area contributed by atoms with Crippen LogP contribution in [0.15, 0.2) is 42.5 Å². The molecular weight excluding hydrogens is 238 g/mol. The van der Waals surface area contributed by atoms with Crippen LogP contribution in [0.4, 0.5) is 4.79 Å². The Bertz CT molecular complexity index is 623. The average molecular weight is 255 g/mol. The first-order chi connectivity index (χ1) is 9.15. The lowest BCUT2D eigenvalue weighted by atomic mass is 9.94. The quantitative estimate of drug-likeness (QED) is 0.844. The fourth-order valence-electron chi connectivity index (χ4n) is 3.00. The van der Waals surface area contributed by atoms with Gasteiger partial charge < -0.3 is 10.0 Å². The lowest BCUT2D eigenvalue weighted by Gasteiger charge is -2.16. The summed E-state index contributed by atoms with van der Waals surface area (Å²) in [6.45, 7) is 2.59. The molecule has 1 heterocycles. The maximum absolute atomic E-state index is 11.1. The van der Waals surface area contributed by atoms with Crippen LogP contribution in [-0.4, -0.2) is 28.7 Å². The molecule has 0 saturated carbocycles. The number of hydrogen-bond acceptors (Lipinski definition) is 1. The molecule has 1 N–H and O–H groups in total. The molecule has 2 atom stereocenters. The zero-order valence-electron chi connectivity index (χ0n) is 10.9. The van der Waals surface area contributed by atoms with Crippen molar-refractivity contribution in [3.8, 4) is 0 Å². The predicted molar refractivity (Wildman–Crippen MR) is 75.5 cm³/mol. The van der Waals surface area contributed by atoms with E-state index in [-0.39, 0.29) is 6.04 Å². The van der Waals surface area contributed by atoms with Crippen molar-refractivity contribution in [2.24, 2.45) is 0 Å². The number of amides is 1. The number of carbonyl (C=O) groups is 1. The Hall–Kier alpha value is -2.03. The number of benzene rings is 2. The summed E-state index contributed by atoms with van der Waals surface area (Å²) in [6, 6.07) is 14.8. The number of fused-ring (bicyclic) bond motifs is 1. The molecule has 0 spiro atoms. The molecule has 0 radical (unpaired) electrons. The molecule has 1 aliphatic heterocycles. The van der Waals surface area contributed by atoms with Gasteiger partial charge in [0.1, 0.15) is 0 Å². The molecule has 0 unspecified atom stereocenters. The van der Waals surface area contributed by atoms with Crippen molar-refractivity contribution in [3.05, 3.63) is 48.0 Å². The van der Waals surface area contributed by atoms with Crippen LogP contribution in [-0.2, 0) is 0 Å². The number of carboxylic acid groups (broad SMARTS) is 1. The van der Waals surface area contributed by atoms with Crippen LogP contribution in [0, 0.1) is 0 Å². The summed E-state index contributed by atoms with van der Waals surface area (Å²) in [4.78, 5) is 12.7. The molecule has 3 rings (SSSR count). The second kappa shape index (κ2) is 4.57. The summed E-state index contributed by atoms with van der Waals surface area (Å²) in [5.74, 6) is 0.315. The maximum atomic E-state index is 11.1. The van der Waals surface area contributed by atoms with E-state index in [1.54, 1.807) is 4.90 Å². The van der Waals surface area contributed by atoms with Gasteiger partial charge in [0.2, 0.25) is 0 Å². The van der Waals surface area contributed by atoms with Crippen molar-refractivity contribution in [3.63, 3.8) is 0 Å². The monoisotopic (exact) mass is 255 g/mol. The fourth-order valence-corrected chi connectivity index (χ4v) is 3.00. The summed E-state index contributed by atoms with van der Waals surface area (Å²) in [5.41, 5.74) is 1.24. The van der Waals surface area contributed by atoms with Crippen molar-refractivity contribution < 1.29 is 9.90 Å². The lowest BCUT2D eigenvalue weighted by molar-refractivity contribution is 0.143. The first-order valence-corrected chi connectivity index (χ1v) is 6.63. The predicted octanol–water partition coefficient (Wildman–Crippen LogP) is 3.70. The molecule has 3 nitrogen and oxygen atoms in total. The van der Waals surface area contributed by atoms with E-state index in [0.29, 0.717) is 12.5 Å². The van der Waals surface area contributed by atoms with E-state index in [1.165, 1.54) is 16.3 Å². The van der Waals surface area contributed by atoms with Crippen LogP contribution in [0.5, 0.6) is 0 Å². The first kappa shape index (κ1) is 12.0. The van der Waals surface area contributed by atoms with Crippen molar-refractivity contribution in [2.45, 2.75) is 25.3 Å². The van der Waals surface area contributed by atoms with Gasteiger partial charge in [-0.2, -0.15) is 0 Å². The van der Waals surface area contributed by atoms with E-state index in [4.69, 9.17) is 5.11 Å². The highest BCUT2D eigenvalue weighted by atomic mass is 16.4. The largest absolute Gasteiger partial charge is 0.465 e. The Kier molecular flexibility index (Phi) is 2.90. The van der Waals surface area contributed by atoms with E-state index < -0.39 is 6.09 Å². The Morgan fingerprint density at radius 2 is 1.95 bits per heavy atom. The zero-order chi connectivity index (χ0) is 13.4. The van der Waals surface area contributed by atoms with E-state index in [2.05, 4.69) is 30.3 Å². The van der Waals surface area contributed by atoms with Gasteiger partial charge in [0.05, 0.1) is 0 Å². The van der Waals surface area contributed by atoms with E-state index in [9.17, 15) is 4.79 Å². The highest BCUT2D eigenvalue weighted by Crippen LogP contribution is 2.32. The third kappa shape index (κ3) is 2.16. The van der Waals surface area contributed by atoms with Gasteiger partial charge in [-0.15, -0.1) is 0 Å². The molecule has 0 aliphatic carbocycles. The fraction of sp³-hybridized carbons (Fsp3) is 0.312. The summed E-state index contributed by atoms with van der Waals surface area (Å²) in [7, 11) is 0. The third-order valence-electron chi connectivity index (χ3n) is 4.07. The van der Waals surface area contributed by atoms with Gasteiger partial charge in [0, 0.05) is 18.5 Å². The van der Waals surface area contributed by atoms with Crippen molar-refractivity contribution in [2.75, 3.05) is 6.54 Å². The van der Waals surface area contributed by atoms with Gasteiger partial charge in [0.15, 0.2) is 0 Å². The van der Waals surface area contributed by atoms with Crippen LogP contribution in [0.25, 0.3) is 10.8 Å². The zero-order valence-corrected chi connectivity index (χ0v) is 10.9. The Morgan fingerprint density at radius 1 is 1.21 bits per heavy atom. The number of rotatable bonds is 1. The van der Waals surface area contributed by atoms with E-state index in [1.807, 2.05) is 19.1 Å². The molecular formula is C16H17NO2. The molecule has 98 valence electrons. The van der Waals surface area contributed by atoms with Gasteiger partial charge in [-0.1, -0.05) is 42.5 Å². The van der Waals surface area contributed by atoms with Crippen LogP contribution >= 0.6 is 0 Å².